The summed E-state index contributed by atoms with van der Waals surface area (Å²) in [6, 6.07) is 14.3. The molecule has 0 aliphatic heterocycles. The van der Waals surface area contributed by atoms with Crippen LogP contribution in [-0.2, 0) is 16.6 Å². The average Bonchev–Trinajstić information content (AvgIpc) is 3.52. The van der Waals surface area contributed by atoms with Gasteiger partial charge in [-0.15, -0.1) is 0 Å². The summed E-state index contributed by atoms with van der Waals surface area (Å²) in [6.07, 6.45) is 5.93. The molecule has 1 saturated carbocycles. The van der Waals surface area contributed by atoms with Crippen LogP contribution in [0.3, 0.4) is 0 Å². The minimum atomic E-state index is -3.73. The molecule has 174 valence electrons. The highest BCUT2D eigenvalue weighted by molar-refractivity contribution is 7.89. The zero-order chi connectivity index (χ0) is 23.3. The Morgan fingerprint density at radius 3 is 2.48 bits per heavy atom. The Morgan fingerprint density at radius 2 is 1.82 bits per heavy atom. The molecular formula is C24H26N2O6S. The van der Waals surface area contributed by atoms with E-state index in [-0.39, 0.29) is 23.5 Å². The molecule has 0 unspecified atom stereocenters. The fourth-order valence-electron chi connectivity index (χ4n) is 3.68. The molecule has 0 saturated heterocycles. The number of benzene rings is 2. The van der Waals surface area contributed by atoms with Crippen LogP contribution in [0, 0.1) is 0 Å². The molecule has 9 heteroatoms. The fraction of sp³-hybridized carbons (Fsp3) is 0.292. The molecule has 8 nitrogen and oxygen atoms in total. The van der Waals surface area contributed by atoms with Crippen molar-refractivity contribution in [2.24, 2.45) is 0 Å². The molecule has 1 heterocycles. The van der Waals surface area contributed by atoms with E-state index in [2.05, 4.69) is 10.0 Å². The Balaban J connectivity index is 1.42. The summed E-state index contributed by atoms with van der Waals surface area (Å²) >= 11 is 0. The lowest BCUT2D eigenvalue weighted by Gasteiger charge is -2.17. The standard InChI is InChI=1S/C24H26N2O6S/c1-30-22-13-10-18(15-23(22)32-19-5-2-3-6-19)26-24(27)17-8-11-21(12-9-17)33(28,29)25-16-20-7-4-14-31-20/h4,7-15,19,25H,2-3,5-6,16H2,1H3,(H,26,27). The van der Waals surface area contributed by atoms with E-state index >= 15 is 0 Å². The summed E-state index contributed by atoms with van der Waals surface area (Å²) in [6.45, 7) is 0.0420. The van der Waals surface area contributed by atoms with E-state index in [1.807, 2.05) is 0 Å². The topological polar surface area (TPSA) is 107 Å². The van der Waals surface area contributed by atoms with Gasteiger partial charge in [0.15, 0.2) is 11.5 Å². The molecule has 33 heavy (non-hydrogen) atoms. The number of amides is 1. The number of carbonyl (C=O) groups excluding carboxylic acids is 1. The van der Waals surface area contributed by atoms with Crippen LogP contribution in [0.4, 0.5) is 5.69 Å². The molecule has 1 amide bonds. The number of hydrogen-bond acceptors (Lipinski definition) is 6. The van der Waals surface area contributed by atoms with Gasteiger partial charge >= 0.3 is 0 Å². The zero-order valence-corrected chi connectivity index (χ0v) is 19.1. The SMILES string of the molecule is COc1ccc(NC(=O)c2ccc(S(=O)(=O)NCc3ccco3)cc2)cc1OC1CCCC1. The van der Waals surface area contributed by atoms with Crippen molar-refractivity contribution in [3.8, 4) is 11.5 Å². The minimum Gasteiger partial charge on any atom is -0.493 e. The number of methoxy groups -OCH3 is 1. The first-order valence-electron chi connectivity index (χ1n) is 10.7. The van der Waals surface area contributed by atoms with Crippen molar-refractivity contribution >= 4 is 21.6 Å². The Hall–Kier alpha value is -3.30. The highest BCUT2D eigenvalue weighted by Crippen LogP contribution is 2.34. The first-order valence-corrected chi connectivity index (χ1v) is 12.2. The normalized spacial score (nSPS) is 14.2. The van der Waals surface area contributed by atoms with E-state index in [1.165, 1.54) is 30.5 Å². The molecule has 3 aromatic rings. The molecule has 0 radical (unpaired) electrons. The Kier molecular flexibility index (Phi) is 7.00. The summed E-state index contributed by atoms with van der Waals surface area (Å²) in [5, 5.41) is 2.82. The summed E-state index contributed by atoms with van der Waals surface area (Å²) in [5.74, 6) is 1.34. The van der Waals surface area contributed by atoms with Crippen LogP contribution in [0.2, 0.25) is 0 Å². The Labute approximate surface area is 193 Å². The first-order chi connectivity index (χ1) is 15.9. The van der Waals surface area contributed by atoms with E-state index in [1.54, 1.807) is 37.4 Å². The van der Waals surface area contributed by atoms with Crippen molar-refractivity contribution in [1.82, 2.24) is 4.72 Å². The monoisotopic (exact) mass is 470 g/mol. The largest absolute Gasteiger partial charge is 0.493 e. The van der Waals surface area contributed by atoms with Crippen LogP contribution in [-0.4, -0.2) is 27.5 Å². The molecule has 2 aromatic carbocycles. The smallest absolute Gasteiger partial charge is 0.255 e. The first kappa shape index (κ1) is 22.9. The number of hydrogen-bond donors (Lipinski definition) is 2. The van der Waals surface area contributed by atoms with Gasteiger partial charge in [0.2, 0.25) is 10.0 Å². The molecule has 2 N–H and O–H groups in total. The third-order valence-electron chi connectivity index (χ3n) is 5.46. The van der Waals surface area contributed by atoms with Gasteiger partial charge in [-0.2, -0.15) is 0 Å². The lowest BCUT2D eigenvalue weighted by molar-refractivity contribution is 0.102. The van der Waals surface area contributed by atoms with E-state index in [0.29, 0.717) is 28.5 Å². The zero-order valence-electron chi connectivity index (χ0n) is 18.2. The van der Waals surface area contributed by atoms with Crippen molar-refractivity contribution in [2.75, 3.05) is 12.4 Å². The van der Waals surface area contributed by atoms with Crippen molar-refractivity contribution in [3.63, 3.8) is 0 Å². The van der Waals surface area contributed by atoms with E-state index < -0.39 is 10.0 Å². The Bertz CT molecular complexity index is 1180. The summed E-state index contributed by atoms with van der Waals surface area (Å²) in [4.78, 5) is 12.8. The third-order valence-corrected chi connectivity index (χ3v) is 6.88. The quantitative estimate of drug-likeness (QED) is 0.482. The number of nitrogens with one attached hydrogen (secondary N) is 2. The molecule has 4 rings (SSSR count). The van der Waals surface area contributed by atoms with Gasteiger partial charge in [-0.05, 0) is 74.2 Å². The average molecular weight is 471 g/mol. The molecule has 1 aliphatic rings. The molecule has 1 fully saturated rings. The second-order valence-electron chi connectivity index (χ2n) is 7.77. The van der Waals surface area contributed by atoms with E-state index in [4.69, 9.17) is 13.9 Å². The molecule has 1 aliphatic carbocycles. The third kappa shape index (κ3) is 5.74. The van der Waals surface area contributed by atoms with Crippen LogP contribution < -0.4 is 19.5 Å². The van der Waals surface area contributed by atoms with Crippen LogP contribution in [0.25, 0.3) is 0 Å². The van der Waals surface area contributed by atoms with Crippen molar-refractivity contribution < 1.29 is 27.1 Å². The Morgan fingerprint density at radius 1 is 1.06 bits per heavy atom. The van der Waals surface area contributed by atoms with Crippen LogP contribution >= 0.6 is 0 Å². The van der Waals surface area contributed by atoms with Crippen molar-refractivity contribution in [2.45, 2.75) is 43.2 Å². The van der Waals surface area contributed by atoms with Gasteiger partial charge in [0.25, 0.3) is 5.91 Å². The number of furan rings is 1. The molecule has 0 spiro atoms. The molecular weight excluding hydrogens is 444 g/mol. The van der Waals surface area contributed by atoms with Gasteiger partial charge in [0.05, 0.1) is 30.9 Å². The lowest BCUT2D eigenvalue weighted by Crippen LogP contribution is -2.23. The van der Waals surface area contributed by atoms with Gasteiger partial charge in [-0.25, -0.2) is 13.1 Å². The summed E-state index contributed by atoms with van der Waals surface area (Å²) < 4.78 is 44.0. The number of rotatable bonds is 9. The van der Waals surface area contributed by atoms with Gasteiger partial charge in [0.1, 0.15) is 5.76 Å². The lowest BCUT2D eigenvalue weighted by atomic mass is 10.2. The van der Waals surface area contributed by atoms with E-state index in [0.717, 1.165) is 25.7 Å². The van der Waals surface area contributed by atoms with Crippen LogP contribution in [0.5, 0.6) is 11.5 Å². The summed E-state index contributed by atoms with van der Waals surface area (Å²) in [7, 11) is -2.16. The van der Waals surface area contributed by atoms with Crippen LogP contribution in [0.1, 0.15) is 41.8 Å². The maximum absolute atomic E-state index is 12.7. The van der Waals surface area contributed by atoms with Crippen LogP contribution in [0.15, 0.2) is 70.2 Å². The van der Waals surface area contributed by atoms with Gasteiger partial charge < -0.3 is 19.2 Å². The summed E-state index contributed by atoms with van der Waals surface area (Å²) in [5.41, 5.74) is 0.889. The van der Waals surface area contributed by atoms with Gasteiger partial charge in [-0.3, -0.25) is 4.79 Å². The maximum atomic E-state index is 12.7. The molecule has 0 atom stereocenters. The minimum absolute atomic E-state index is 0.0420. The fourth-order valence-corrected chi connectivity index (χ4v) is 4.68. The van der Waals surface area contributed by atoms with Crippen molar-refractivity contribution in [3.05, 3.63) is 72.2 Å². The number of ether oxygens (including phenoxy) is 2. The predicted octanol–water partition coefficient (Wildman–Crippen LogP) is 4.34. The number of sulfonamides is 1. The van der Waals surface area contributed by atoms with Gasteiger partial charge in [0, 0.05) is 17.3 Å². The highest BCUT2D eigenvalue weighted by Gasteiger charge is 2.19. The second-order valence-corrected chi connectivity index (χ2v) is 9.54. The predicted molar refractivity (Wildman–Crippen MR) is 123 cm³/mol. The molecule has 1 aromatic heterocycles. The maximum Gasteiger partial charge on any atom is 0.255 e. The second kappa shape index (κ2) is 10.1. The highest BCUT2D eigenvalue weighted by atomic mass is 32.2. The van der Waals surface area contributed by atoms with Gasteiger partial charge in [-0.1, -0.05) is 0 Å². The molecule has 0 bridgehead atoms. The number of anilines is 1. The van der Waals surface area contributed by atoms with E-state index in [9.17, 15) is 13.2 Å². The number of carbonyl (C=O) groups is 1. The van der Waals surface area contributed by atoms with Crippen molar-refractivity contribution in [1.29, 1.82) is 0 Å².